The van der Waals surface area contributed by atoms with Crippen molar-refractivity contribution < 1.29 is 17.6 Å². The maximum Gasteiger partial charge on any atom is 0.242 e. The molecule has 0 saturated heterocycles. The summed E-state index contributed by atoms with van der Waals surface area (Å²) >= 11 is 0. The van der Waals surface area contributed by atoms with Crippen LogP contribution < -0.4 is 5.32 Å². The molecule has 2 aromatic rings. The van der Waals surface area contributed by atoms with Gasteiger partial charge in [0, 0.05) is 24.9 Å². The number of amides is 1. The van der Waals surface area contributed by atoms with Crippen LogP contribution in [0.1, 0.15) is 38.6 Å². The van der Waals surface area contributed by atoms with Crippen molar-refractivity contribution in [2.75, 3.05) is 12.3 Å². The minimum atomic E-state index is -3.57. The van der Waals surface area contributed by atoms with Crippen LogP contribution in [0.4, 0.5) is 4.39 Å². The van der Waals surface area contributed by atoms with E-state index in [1.807, 2.05) is 13.8 Å². The molecular weight excluding hydrogens is 345 g/mol. The van der Waals surface area contributed by atoms with E-state index in [0.717, 1.165) is 18.0 Å². The van der Waals surface area contributed by atoms with E-state index in [4.69, 9.17) is 0 Å². The third kappa shape index (κ3) is 4.66. The Hall–Kier alpha value is -2.22. The highest BCUT2D eigenvalue weighted by Gasteiger charge is 2.20. The van der Waals surface area contributed by atoms with Crippen LogP contribution in [0.5, 0.6) is 0 Å². The normalized spacial score (nSPS) is 13.0. The van der Waals surface area contributed by atoms with Crippen molar-refractivity contribution in [3.63, 3.8) is 0 Å². The molecule has 2 rings (SSSR count). The van der Waals surface area contributed by atoms with Crippen molar-refractivity contribution in [1.29, 1.82) is 0 Å². The molecule has 0 radical (unpaired) electrons. The Labute approximate surface area is 147 Å². The Morgan fingerprint density at radius 1 is 1.24 bits per heavy atom. The summed E-state index contributed by atoms with van der Waals surface area (Å²) in [5, 5.41) is 2.63. The number of halogens is 1. The Kier molecular flexibility index (Phi) is 5.94. The van der Waals surface area contributed by atoms with Gasteiger partial charge in [0.1, 0.15) is 17.7 Å². The first-order valence-electron chi connectivity index (χ1n) is 8.01. The fourth-order valence-electron chi connectivity index (χ4n) is 2.44. The molecule has 1 amide bonds. The Morgan fingerprint density at radius 3 is 2.48 bits per heavy atom. The number of hydrogen-bond acceptors (Lipinski definition) is 4. The van der Waals surface area contributed by atoms with Crippen molar-refractivity contribution in [3.05, 3.63) is 48.3 Å². The van der Waals surface area contributed by atoms with E-state index in [0.29, 0.717) is 0 Å². The van der Waals surface area contributed by atoms with Gasteiger partial charge in [-0.25, -0.2) is 17.8 Å². The van der Waals surface area contributed by atoms with Crippen LogP contribution in [-0.4, -0.2) is 36.2 Å². The van der Waals surface area contributed by atoms with Gasteiger partial charge in [0.15, 0.2) is 9.84 Å². The van der Waals surface area contributed by atoms with Gasteiger partial charge in [-0.3, -0.25) is 4.79 Å². The van der Waals surface area contributed by atoms with Crippen LogP contribution in [0.3, 0.4) is 0 Å². The number of nitrogens with one attached hydrogen (secondary N) is 1. The smallest absolute Gasteiger partial charge is 0.242 e. The lowest BCUT2D eigenvalue weighted by molar-refractivity contribution is -0.123. The lowest BCUT2D eigenvalue weighted by atomic mass is 10.2. The molecule has 0 aliphatic heterocycles. The topological polar surface area (TPSA) is 81.1 Å². The second-order valence-electron chi connectivity index (χ2n) is 6.09. The highest BCUT2D eigenvalue weighted by atomic mass is 32.2. The summed E-state index contributed by atoms with van der Waals surface area (Å²) in [7, 11) is -3.57. The fraction of sp³-hybridized carbons (Fsp3) is 0.412. The van der Waals surface area contributed by atoms with Crippen LogP contribution >= 0.6 is 0 Å². The van der Waals surface area contributed by atoms with Crippen molar-refractivity contribution in [1.82, 2.24) is 14.9 Å². The van der Waals surface area contributed by atoms with E-state index in [9.17, 15) is 17.6 Å². The minimum Gasteiger partial charge on any atom is -0.353 e. The SMILES string of the molecule is CC(C)c1nccn1[C@H](C)C(=O)NCCS(=O)(=O)c1ccc(F)cc1. The number of nitrogens with zero attached hydrogens (tertiary/aromatic N) is 2. The predicted octanol–water partition coefficient (Wildman–Crippen LogP) is 2.30. The first-order valence-corrected chi connectivity index (χ1v) is 9.66. The Morgan fingerprint density at radius 2 is 1.88 bits per heavy atom. The average molecular weight is 367 g/mol. The minimum absolute atomic E-state index is 0.0193. The molecule has 136 valence electrons. The molecule has 6 nitrogen and oxygen atoms in total. The molecular formula is C17H22FN3O3S. The highest BCUT2D eigenvalue weighted by Crippen LogP contribution is 2.17. The standard InChI is InChI=1S/C17H22FN3O3S/c1-12(2)16-19-8-10-21(16)13(3)17(22)20-9-11-25(23,24)15-6-4-14(18)5-7-15/h4-8,10,12-13H,9,11H2,1-3H3,(H,20,22)/t13-/m1/s1. The molecule has 8 heteroatoms. The monoisotopic (exact) mass is 367 g/mol. The van der Waals surface area contributed by atoms with Gasteiger partial charge in [-0.05, 0) is 31.2 Å². The maximum absolute atomic E-state index is 12.9. The van der Waals surface area contributed by atoms with E-state index in [-0.39, 0.29) is 29.0 Å². The van der Waals surface area contributed by atoms with Gasteiger partial charge in [-0.1, -0.05) is 13.8 Å². The number of imidazole rings is 1. The third-order valence-corrected chi connectivity index (χ3v) is 5.59. The number of hydrogen-bond donors (Lipinski definition) is 1. The van der Waals surface area contributed by atoms with Crippen molar-refractivity contribution in [3.8, 4) is 0 Å². The van der Waals surface area contributed by atoms with E-state index in [2.05, 4.69) is 10.3 Å². The van der Waals surface area contributed by atoms with E-state index in [1.54, 1.807) is 23.9 Å². The zero-order valence-electron chi connectivity index (χ0n) is 14.4. The predicted molar refractivity (Wildman–Crippen MR) is 92.5 cm³/mol. The summed E-state index contributed by atoms with van der Waals surface area (Å²) < 4.78 is 39.0. The van der Waals surface area contributed by atoms with Crippen molar-refractivity contribution in [2.24, 2.45) is 0 Å². The zero-order chi connectivity index (χ0) is 18.6. The highest BCUT2D eigenvalue weighted by molar-refractivity contribution is 7.91. The lowest BCUT2D eigenvalue weighted by Crippen LogP contribution is -2.34. The molecule has 0 fully saturated rings. The van der Waals surface area contributed by atoms with Crippen LogP contribution in [0.2, 0.25) is 0 Å². The summed E-state index contributed by atoms with van der Waals surface area (Å²) in [6.07, 6.45) is 3.37. The van der Waals surface area contributed by atoms with Gasteiger partial charge in [0.05, 0.1) is 10.6 Å². The summed E-state index contributed by atoms with van der Waals surface area (Å²) in [6.45, 7) is 5.68. The molecule has 1 heterocycles. The van der Waals surface area contributed by atoms with Gasteiger partial charge in [0.2, 0.25) is 5.91 Å². The van der Waals surface area contributed by atoms with Gasteiger partial charge in [-0.2, -0.15) is 0 Å². The molecule has 25 heavy (non-hydrogen) atoms. The molecule has 1 N–H and O–H groups in total. The number of rotatable bonds is 7. The summed E-state index contributed by atoms with van der Waals surface area (Å²) in [6, 6.07) is 4.14. The van der Waals surface area contributed by atoms with Crippen LogP contribution in [-0.2, 0) is 14.6 Å². The van der Waals surface area contributed by atoms with Gasteiger partial charge in [0.25, 0.3) is 0 Å². The van der Waals surface area contributed by atoms with E-state index < -0.39 is 21.7 Å². The molecule has 0 unspecified atom stereocenters. The summed E-state index contributed by atoms with van der Waals surface area (Å²) in [5.74, 6) is -0.0693. The Bertz CT molecular complexity index is 829. The van der Waals surface area contributed by atoms with Crippen molar-refractivity contribution in [2.45, 2.75) is 37.6 Å². The quantitative estimate of drug-likeness (QED) is 0.762. The fourth-order valence-corrected chi connectivity index (χ4v) is 3.60. The first kappa shape index (κ1) is 19.1. The molecule has 0 saturated carbocycles. The summed E-state index contributed by atoms with van der Waals surface area (Å²) in [5.41, 5.74) is 0. The number of aromatic nitrogens is 2. The maximum atomic E-state index is 12.9. The molecule has 1 aromatic heterocycles. The van der Waals surface area contributed by atoms with Crippen LogP contribution in [0, 0.1) is 5.82 Å². The molecule has 0 bridgehead atoms. The number of carbonyl (C=O) groups is 1. The first-order chi connectivity index (χ1) is 11.7. The Balaban J connectivity index is 1.95. The number of carbonyl (C=O) groups excluding carboxylic acids is 1. The molecule has 0 aliphatic carbocycles. The van der Waals surface area contributed by atoms with Gasteiger partial charge < -0.3 is 9.88 Å². The number of sulfone groups is 1. The second-order valence-corrected chi connectivity index (χ2v) is 8.20. The largest absolute Gasteiger partial charge is 0.353 e. The average Bonchev–Trinajstić information content (AvgIpc) is 3.04. The van der Waals surface area contributed by atoms with Crippen LogP contribution in [0.25, 0.3) is 0 Å². The van der Waals surface area contributed by atoms with Crippen molar-refractivity contribution >= 4 is 15.7 Å². The van der Waals surface area contributed by atoms with E-state index >= 15 is 0 Å². The zero-order valence-corrected chi connectivity index (χ0v) is 15.3. The molecule has 0 spiro atoms. The second kappa shape index (κ2) is 7.77. The van der Waals surface area contributed by atoms with E-state index in [1.165, 1.54) is 12.1 Å². The van der Waals surface area contributed by atoms with Gasteiger partial charge >= 0.3 is 0 Å². The molecule has 0 aliphatic rings. The van der Waals surface area contributed by atoms with Gasteiger partial charge in [-0.15, -0.1) is 0 Å². The number of benzene rings is 1. The molecule has 1 atom stereocenters. The molecule has 1 aromatic carbocycles. The van der Waals surface area contributed by atoms with Crippen LogP contribution in [0.15, 0.2) is 41.6 Å². The summed E-state index contributed by atoms with van der Waals surface area (Å²) in [4.78, 5) is 16.6. The lowest BCUT2D eigenvalue weighted by Gasteiger charge is -2.17. The third-order valence-electron chi connectivity index (χ3n) is 3.85.